The highest BCUT2D eigenvalue weighted by Gasteiger charge is 2.06. The Hall–Kier alpha value is -2.92. The molecule has 0 radical (unpaired) electrons. The van der Waals surface area contributed by atoms with Crippen LogP contribution < -0.4 is 16.0 Å². The number of aromatic nitrogens is 1. The largest absolute Gasteiger partial charge is 0.356 e. The van der Waals surface area contributed by atoms with Gasteiger partial charge in [-0.3, -0.25) is 0 Å². The van der Waals surface area contributed by atoms with Crippen molar-refractivity contribution in [2.75, 3.05) is 10.6 Å². The van der Waals surface area contributed by atoms with Crippen LogP contribution in [0.1, 0.15) is 24.1 Å². The van der Waals surface area contributed by atoms with Crippen LogP contribution in [0.3, 0.4) is 0 Å². The standard InChI is InChI=1S/C21H22N4S/c1-15-7-6-10-18(13-15)24-20-12-11-19(14-22-20)25-21(26)23-16(2)17-8-4-3-5-9-17/h3-14,16H,1-2H3,(H,22,24)(H2,23,25,26). The van der Waals surface area contributed by atoms with Gasteiger partial charge in [0.15, 0.2) is 5.11 Å². The van der Waals surface area contributed by atoms with Gasteiger partial charge in [-0.2, -0.15) is 0 Å². The third-order valence-corrected chi connectivity index (χ3v) is 4.18. The molecule has 2 aromatic carbocycles. The molecule has 3 aromatic rings. The Labute approximate surface area is 159 Å². The van der Waals surface area contributed by atoms with Gasteiger partial charge in [0.1, 0.15) is 5.82 Å². The topological polar surface area (TPSA) is 49.0 Å². The quantitative estimate of drug-likeness (QED) is 0.546. The first-order valence-electron chi connectivity index (χ1n) is 8.52. The Kier molecular flexibility index (Phi) is 5.81. The van der Waals surface area contributed by atoms with Gasteiger partial charge in [0.05, 0.1) is 17.9 Å². The molecule has 0 aliphatic carbocycles. The number of anilines is 3. The fourth-order valence-electron chi connectivity index (χ4n) is 2.60. The molecule has 1 aromatic heterocycles. The number of benzene rings is 2. The molecule has 1 heterocycles. The first-order chi connectivity index (χ1) is 12.6. The van der Waals surface area contributed by atoms with Crippen LogP contribution in [0.25, 0.3) is 0 Å². The maximum Gasteiger partial charge on any atom is 0.171 e. The van der Waals surface area contributed by atoms with Crippen molar-refractivity contribution >= 4 is 34.5 Å². The van der Waals surface area contributed by atoms with Crippen molar-refractivity contribution in [3.8, 4) is 0 Å². The third-order valence-electron chi connectivity index (χ3n) is 3.96. The summed E-state index contributed by atoms with van der Waals surface area (Å²) in [5.41, 5.74) is 4.26. The van der Waals surface area contributed by atoms with Gasteiger partial charge in [-0.1, -0.05) is 42.5 Å². The molecule has 1 unspecified atom stereocenters. The molecule has 0 aliphatic rings. The fraction of sp³-hybridized carbons (Fsp3) is 0.143. The van der Waals surface area contributed by atoms with Crippen molar-refractivity contribution in [2.45, 2.75) is 19.9 Å². The van der Waals surface area contributed by atoms with E-state index in [2.05, 4.69) is 59.0 Å². The number of hydrogen-bond acceptors (Lipinski definition) is 3. The molecular formula is C21H22N4S. The molecule has 3 N–H and O–H groups in total. The van der Waals surface area contributed by atoms with Gasteiger partial charge in [0.2, 0.25) is 0 Å². The average molecular weight is 363 g/mol. The number of pyridine rings is 1. The average Bonchev–Trinajstić information content (AvgIpc) is 2.64. The van der Waals surface area contributed by atoms with Crippen molar-refractivity contribution in [1.29, 1.82) is 0 Å². The van der Waals surface area contributed by atoms with E-state index in [1.54, 1.807) is 6.20 Å². The molecule has 5 heteroatoms. The SMILES string of the molecule is Cc1cccc(Nc2ccc(NC(=S)NC(C)c3ccccc3)cn2)c1. The van der Waals surface area contributed by atoms with Gasteiger partial charge >= 0.3 is 0 Å². The number of rotatable bonds is 5. The summed E-state index contributed by atoms with van der Waals surface area (Å²) >= 11 is 5.40. The van der Waals surface area contributed by atoms with Gasteiger partial charge in [-0.15, -0.1) is 0 Å². The molecule has 3 rings (SSSR count). The number of thiocarbonyl (C=S) groups is 1. The van der Waals surface area contributed by atoms with Crippen molar-refractivity contribution < 1.29 is 0 Å². The van der Waals surface area contributed by atoms with E-state index in [1.807, 2.05) is 42.5 Å². The predicted molar refractivity (Wildman–Crippen MR) is 113 cm³/mol. The van der Waals surface area contributed by atoms with E-state index >= 15 is 0 Å². The Morgan fingerprint density at radius 3 is 2.46 bits per heavy atom. The molecule has 0 bridgehead atoms. The number of aryl methyl sites for hydroxylation is 1. The van der Waals surface area contributed by atoms with E-state index in [-0.39, 0.29) is 6.04 Å². The zero-order valence-electron chi connectivity index (χ0n) is 14.9. The van der Waals surface area contributed by atoms with Crippen LogP contribution in [0, 0.1) is 6.92 Å². The summed E-state index contributed by atoms with van der Waals surface area (Å²) in [7, 11) is 0. The maximum atomic E-state index is 5.40. The van der Waals surface area contributed by atoms with Gasteiger partial charge < -0.3 is 16.0 Å². The lowest BCUT2D eigenvalue weighted by Crippen LogP contribution is -2.30. The molecule has 4 nitrogen and oxygen atoms in total. The van der Waals surface area contributed by atoms with E-state index in [4.69, 9.17) is 12.2 Å². The summed E-state index contributed by atoms with van der Waals surface area (Å²) < 4.78 is 0. The second-order valence-electron chi connectivity index (χ2n) is 6.16. The Morgan fingerprint density at radius 1 is 0.962 bits per heavy atom. The van der Waals surface area contributed by atoms with Crippen LogP contribution in [-0.4, -0.2) is 10.1 Å². The monoisotopic (exact) mass is 362 g/mol. The van der Waals surface area contributed by atoms with E-state index < -0.39 is 0 Å². The van der Waals surface area contributed by atoms with Crippen LogP contribution >= 0.6 is 12.2 Å². The maximum absolute atomic E-state index is 5.40. The highest BCUT2D eigenvalue weighted by molar-refractivity contribution is 7.80. The minimum atomic E-state index is 0.131. The minimum Gasteiger partial charge on any atom is -0.356 e. The number of hydrogen-bond donors (Lipinski definition) is 3. The van der Waals surface area contributed by atoms with Gasteiger partial charge in [-0.25, -0.2) is 4.98 Å². The molecule has 0 aliphatic heterocycles. The molecular weight excluding hydrogens is 340 g/mol. The Balaban J connectivity index is 1.56. The Bertz CT molecular complexity index is 863. The normalized spacial score (nSPS) is 11.5. The van der Waals surface area contributed by atoms with Crippen LogP contribution in [0.2, 0.25) is 0 Å². The van der Waals surface area contributed by atoms with Crippen LogP contribution in [0.4, 0.5) is 17.2 Å². The van der Waals surface area contributed by atoms with Gasteiger partial charge in [0, 0.05) is 5.69 Å². The lowest BCUT2D eigenvalue weighted by atomic mass is 10.1. The van der Waals surface area contributed by atoms with Gasteiger partial charge in [0.25, 0.3) is 0 Å². The smallest absolute Gasteiger partial charge is 0.171 e. The van der Waals surface area contributed by atoms with Crippen molar-refractivity contribution in [3.05, 3.63) is 84.1 Å². The lowest BCUT2D eigenvalue weighted by Gasteiger charge is -2.17. The molecule has 1 atom stereocenters. The Morgan fingerprint density at radius 2 is 1.77 bits per heavy atom. The second kappa shape index (κ2) is 8.45. The summed E-state index contributed by atoms with van der Waals surface area (Å²) in [4.78, 5) is 4.43. The van der Waals surface area contributed by atoms with Gasteiger partial charge in [-0.05, 0) is 61.5 Å². The van der Waals surface area contributed by atoms with Crippen molar-refractivity contribution in [1.82, 2.24) is 10.3 Å². The lowest BCUT2D eigenvalue weighted by molar-refractivity contribution is 0.722. The second-order valence-corrected chi connectivity index (χ2v) is 6.57. The first kappa shape index (κ1) is 17.9. The van der Waals surface area contributed by atoms with Crippen molar-refractivity contribution in [2.24, 2.45) is 0 Å². The molecule has 132 valence electrons. The summed E-state index contributed by atoms with van der Waals surface area (Å²) in [5, 5.41) is 10.3. The zero-order valence-corrected chi connectivity index (χ0v) is 15.7. The molecule has 0 spiro atoms. The summed E-state index contributed by atoms with van der Waals surface area (Å²) in [6, 6.07) is 22.4. The summed E-state index contributed by atoms with van der Waals surface area (Å²) in [6.07, 6.45) is 1.76. The summed E-state index contributed by atoms with van der Waals surface area (Å²) in [6.45, 7) is 4.15. The van der Waals surface area contributed by atoms with Crippen LogP contribution in [-0.2, 0) is 0 Å². The highest BCUT2D eigenvalue weighted by atomic mass is 32.1. The van der Waals surface area contributed by atoms with E-state index in [1.165, 1.54) is 11.1 Å². The number of nitrogens with one attached hydrogen (secondary N) is 3. The highest BCUT2D eigenvalue weighted by Crippen LogP contribution is 2.17. The molecule has 26 heavy (non-hydrogen) atoms. The fourth-order valence-corrected chi connectivity index (χ4v) is 2.90. The van der Waals surface area contributed by atoms with E-state index in [0.29, 0.717) is 5.11 Å². The zero-order chi connectivity index (χ0) is 18.4. The summed E-state index contributed by atoms with van der Waals surface area (Å²) in [5.74, 6) is 0.790. The minimum absolute atomic E-state index is 0.131. The van der Waals surface area contributed by atoms with Crippen LogP contribution in [0.5, 0.6) is 0 Å². The molecule has 0 amide bonds. The van der Waals surface area contributed by atoms with E-state index in [0.717, 1.165) is 17.2 Å². The third kappa shape index (κ3) is 5.04. The van der Waals surface area contributed by atoms with Crippen molar-refractivity contribution in [3.63, 3.8) is 0 Å². The van der Waals surface area contributed by atoms with E-state index in [9.17, 15) is 0 Å². The molecule has 0 fully saturated rings. The first-order valence-corrected chi connectivity index (χ1v) is 8.93. The van der Waals surface area contributed by atoms with Crippen LogP contribution in [0.15, 0.2) is 72.9 Å². The predicted octanol–water partition coefficient (Wildman–Crippen LogP) is 5.18. The number of nitrogens with zero attached hydrogens (tertiary/aromatic N) is 1. The molecule has 0 saturated heterocycles. The molecule has 0 saturated carbocycles.